The Labute approximate surface area is 118 Å². The molecule has 1 fully saturated rings. The summed E-state index contributed by atoms with van der Waals surface area (Å²) in [4.78, 5) is 23.3. The summed E-state index contributed by atoms with van der Waals surface area (Å²) >= 11 is 0. The van der Waals surface area contributed by atoms with Crippen molar-refractivity contribution in [2.45, 2.75) is 38.1 Å². The van der Waals surface area contributed by atoms with Crippen LogP contribution in [0.1, 0.15) is 36.8 Å². The van der Waals surface area contributed by atoms with Crippen molar-refractivity contribution in [1.29, 1.82) is 0 Å². The molecule has 0 saturated heterocycles. The summed E-state index contributed by atoms with van der Waals surface area (Å²) < 4.78 is 0. The Morgan fingerprint density at radius 1 is 1.25 bits per heavy atom. The van der Waals surface area contributed by atoms with Gasteiger partial charge in [0.05, 0.1) is 0 Å². The number of nitrogens with one attached hydrogen (secondary N) is 1. The van der Waals surface area contributed by atoms with Crippen molar-refractivity contribution in [3.63, 3.8) is 0 Å². The zero-order valence-corrected chi connectivity index (χ0v) is 11.6. The number of carbonyl (C=O) groups is 2. The maximum absolute atomic E-state index is 11.9. The van der Waals surface area contributed by atoms with Crippen molar-refractivity contribution in [1.82, 2.24) is 5.32 Å². The number of carbonyl (C=O) groups excluding carboxylic acids is 1. The van der Waals surface area contributed by atoms with E-state index < -0.39 is 11.5 Å². The number of carboxylic acids is 1. The SMILES string of the molecule is Cc1ccccc1/C=C/C(=O)NC1(C(=O)O)CCCC1. The Balaban J connectivity index is 2.05. The molecule has 1 aromatic rings. The van der Waals surface area contributed by atoms with Gasteiger partial charge < -0.3 is 10.4 Å². The zero-order chi connectivity index (χ0) is 14.6. The molecule has 0 aliphatic heterocycles. The summed E-state index contributed by atoms with van der Waals surface area (Å²) in [5.74, 6) is -1.29. The minimum Gasteiger partial charge on any atom is -0.480 e. The number of rotatable bonds is 4. The summed E-state index contributed by atoms with van der Waals surface area (Å²) in [5, 5.41) is 12.0. The van der Waals surface area contributed by atoms with E-state index in [1.165, 1.54) is 6.08 Å². The quantitative estimate of drug-likeness (QED) is 0.828. The van der Waals surface area contributed by atoms with Crippen molar-refractivity contribution in [2.24, 2.45) is 0 Å². The second-order valence-corrected chi connectivity index (χ2v) is 5.27. The first kappa shape index (κ1) is 14.3. The van der Waals surface area contributed by atoms with Gasteiger partial charge in [-0.1, -0.05) is 37.1 Å². The fourth-order valence-electron chi connectivity index (χ4n) is 2.59. The van der Waals surface area contributed by atoms with Crippen LogP contribution in [-0.4, -0.2) is 22.5 Å². The van der Waals surface area contributed by atoms with Gasteiger partial charge in [-0.3, -0.25) is 4.79 Å². The van der Waals surface area contributed by atoms with Crippen molar-refractivity contribution >= 4 is 18.0 Å². The van der Waals surface area contributed by atoms with Gasteiger partial charge in [-0.05, 0) is 37.0 Å². The minimum absolute atomic E-state index is 0.349. The zero-order valence-electron chi connectivity index (χ0n) is 11.6. The third kappa shape index (κ3) is 3.07. The van der Waals surface area contributed by atoms with Gasteiger partial charge >= 0.3 is 5.97 Å². The summed E-state index contributed by atoms with van der Waals surface area (Å²) in [6.07, 6.45) is 5.82. The van der Waals surface area contributed by atoms with Gasteiger partial charge in [0.15, 0.2) is 0 Å². The van der Waals surface area contributed by atoms with Gasteiger partial charge in [0.25, 0.3) is 0 Å². The highest BCUT2D eigenvalue weighted by atomic mass is 16.4. The number of benzene rings is 1. The van der Waals surface area contributed by atoms with E-state index in [2.05, 4.69) is 5.32 Å². The van der Waals surface area contributed by atoms with E-state index in [9.17, 15) is 14.7 Å². The Bertz CT molecular complexity index is 542. The smallest absolute Gasteiger partial charge is 0.329 e. The maximum atomic E-state index is 11.9. The molecule has 0 bridgehead atoms. The fraction of sp³-hybridized carbons (Fsp3) is 0.375. The molecule has 0 aromatic heterocycles. The molecule has 4 heteroatoms. The van der Waals surface area contributed by atoms with Gasteiger partial charge in [0.2, 0.25) is 5.91 Å². The van der Waals surface area contributed by atoms with Gasteiger partial charge in [-0.25, -0.2) is 4.79 Å². The highest BCUT2D eigenvalue weighted by molar-refractivity contribution is 5.96. The topological polar surface area (TPSA) is 66.4 Å². The Hall–Kier alpha value is -2.10. The molecular weight excluding hydrogens is 254 g/mol. The van der Waals surface area contributed by atoms with Gasteiger partial charge in [0, 0.05) is 6.08 Å². The highest BCUT2D eigenvalue weighted by Gasteiger charge is 2.42. The van der Waals surface area contributed by atoms with Gasteiger partial charge in [0.1, 0.15) is 5.54 Å². The van der Waals surface area contributed by atoms with E-state index in [0.29, 0.717) is 12.8 Å². The lowest BCUT2D eigenvalue weighted by atomic mass is 9.98. The lowest BCUT2D eigenvalue weighted by Gasteiger charge is -2.24. The summed E-state index contributed by atoms with van der Waals surface area (Å²) in [6.45, 7) is 1.97. The molecular formula is C16H19NO3. The molecule has 0 spiro atoms. The molecule has 1 aliphatic rings. The Morgan fingerprint density at radius 3 is 2.50 bits per heavy atom. The molecule has 4 nitrogen and oxygen atoms in total. The molecule has 20 heavy (non-hydrogen) atoms. The summed E-state index contributed by atoms with van der Waals surface area (Å²) in [6, 6.07) is 7.72. The second-order valence-electron chi connectivity index (χ2n) is 5.27. The van der Waals surface area contributed by atoms with Crippen LogP contribution >= 0.6 is 0 Å². The molecule has 0 heterocycles. The number of hydrogen-bond acceptors (Lipinski definition) is 2. The Kier molecular flexibility index (Phi) is 4.23. The van der Waals surface area contributed by atoms with Crippen LogP contribution in [0.15, 0.2) is 30.3 Å². The first-order chi connectivity index (χ1) is 9.53. The monoisotopic (exact) mass is 273 g/mol. The molecule has 1 aliphatic carbocycles. The standard InChI is InChI=1S/C16H19NO3/c1-12-6-2-3-7-13(12)8-9-14(18)17-16(15(19)20)10-4-5-11-16/h2-3,6-9H,4-5,10-11H2,1H3,(H,17,18)(H,19,20)/b9-8+. The van der Waals surface area contributed by atoms with Crippen LogP contribution in [0.4, 0.5) is 0 Å². The predicted octanol–water partition coefficient (Wildman–Crippen LogP) is 2.52. The van der Waals surface area contributed by atoms with E-state index in [4.69, 9.17) is 0 Å². The minimum atomic E-state index is -1.08. The van der Waals surface area contributed by atoms with Crippen LogP contribution in [0.5, 0.6) is 0 Å². The molecule has 0 atom stereocenters. The van der Waals surface area contributed by atoms with E-state index in [1.54, 1.807) is 6.08 Å². The molecule has 1 aromatic carbocycles. The van der Waals surface area contributed by atoms with Crippen molar-refractivity contribution < 1.29 is 14.7 Å². The molecule has 0 unspecified atom stereocenters. The Morgan fingerprint density at radius 2 is 1.90 bits per heavy atom. The van der Waals surface area contributed by atoms with Crippen LogP contribution in [0.3, 0.4) is 0 Å². The third-order valence-corrected chi connectivity index (χ3v) is 3.83. The van der Waals surface area contributed by atoms with E-state index in [-0.39, 0.29) is 5.91 Å². The molecule has 0 radical (unpaired) electrons. The maximum Gasteiger partial charge on any atom is 0.329 e. The third-order valence-electron chi connectivity index (χ3n) is 3.83. The predicted molar refractivity (Wildman–Crippen MR) is 77.2 cm³/mol. The highest BCUT2D eigenvalue weighted by Crippen LogP contribution is 2.29. The van der Waals surface area contributed by atoms with Crippen LogP contribution in [-0.2, 0) is 9.59 Å². The summed E-state index contributed by atoms with van der Waals surface area (Å²) in [5.41, 5.74) is 0.955. The molecule has 106 valence electrons. The lowest BCUT2D eigenvalue weighted by molar-refractivity contribution is -0.146. The van der Waals surface area contributed by atoms with Crippen molar-refractivity contribution in [3.05, 3.63) is 41.5 Å². The number of amides is 1. The van der Waals surface area contributed by atoms with Crippen molar-refractivity contribution in [2.75, 3.05) is 0 Å². The second kappa shape index (κ2) is 5.90. The van der Waals surface area contributed by atoms with Crippen molar-refractivity contribution in [3.8, 4) is 0 Å². The van der Waals surface area contributed by atoms with Crippen LogP contribution < -0.4 is 5.32 Å². The van der Waals surface area contributed by atoms with Crippen LogP contribution in [0.25, 0.3) is 6.08 Å². The fourth-order valence-corrected chi connectivity index (χ4v) is 2.59. The molecule has 1 amide bonds. The number of aryl methyl sites for hydroxylation is 1. The first-order valence-electron chi connectivity index (χ1n) is 6.83. The summed E-state index contributed by atoms with van der Waals surface area (Å²) in [7, 11) is 0. The van der Waals surface area contributed by atoms with E-state index in [1.807, 2.05) is 31.2 Å². The van der Waals surface area contributed by atoms with Crippen LogP contribution in [0, 0.1) is 6.92 Å². The normalized spacial score (nSPS) is 17.2. The van der Waals surface area contributed by atoms with Gasteiger partial charge in [-0.2, -0.15) is 0 Å². The van der Waals surface area contributed by atoms with E-state index in [0.717, 1.165) is 24.0 Å². The van der Waals surface area contributed by atoms with Gasteiger partial charge in [-0.15, -0.1) is 0 Å². The number of carboxylic acid groups (broad SMARTS) is 1. The average Bonchev–Trinajstić information content (AvgIpc) is 2.88. The largest absolute Gasteiger partial charge is 0.480 e. The molecule has 2 N–H and O–H groups in total. The average molecular weight is 273 g/mol. The number of aliphatic carboxylic acids is 1. The van der Waals surface area contributed by atoms with Crippen LogP contribution in [0.2, 0.25) is 0 Å². The first-order valence-corrected chi connectivity index (χ1v) is 6.83. The number of hydrogen-bond donors (Lipinski definition) is 2. The molecule has 2 rings (SSSR count). The lowest BCUT2D eigenvalue weighted by Crippen LogP contribution is -2.52. The molecule has 1 saturated carbocycles. The van der Waals surface area contributed by atoms with E-state index >= 15 is 0 Å².